The van der Waals surface area contributed by atoms with E-state index >= 15 is 0 Å². The highest BCUT2D eigenvalue weighted by Crippen LogP contribution is 2.15. The van der Waals surface area contributed by atoms with Gasteiger partial charge in [-0.15, -0.1) is 0 Å². The van der Waals surface area contributed by atoms with Gasteiger partial charge in [0.15, 0.2) is 0 Å². The molecule has 1 heterocycles. The fraction of sp³-hybridized carbons (Fsp3) is 0.429. The molecule has 0 aromatic heterocycles. The van der Waals surface area contributed by atoms with E-state index in [0.29, 0.717) is 5.69 Å². The van der Waals surface area contributed by atoms with E-state index in [0.717, 1.165) is 24.6 Å². The average molecular weight is 293 g/mol. The van der Waals surface area contributed by atoms with Crippen molar-refractivity contribution < 1.29 is 9.59 Å². The second-order valence-corrected chi connectivity index (χ2v) is 5.74. The van der Waals surface area contributed by atoms with Crippen molar-refractivity contribution in [3.8, 4) is 0 Å². The van der Waals surface area contributed by atoms with Crippen LogP contribution in [0.25, 0.3) is 0 Å². The van der Waals surface area contributed by atoms with Gasteiger partial charge in [0.05, 0.1) is 6.54 Å². The van der Waals surface area contributed by atoms with Crippen LogP contribution in [0.1, 0.15) is 0 Å². The normalized spacial score (nSPS) is 14.9. The summed E-state index contributed by atoms with van der Waals surface area (Å²) in [5.74, 6) is 1.66. The van der Waals surface area contributed by atoms with Gasteiger partial charge < -0.3 is 15.5 Å². The Bertz CT molecular complexity index is 461. The minimum Gasteiger partial charge on any atom is -0.339 e. The molecule has 20 heavy (non-hydrogen) atoms. The zero-order chi connectivity index (χ0) is 14.4. The number of rotatable bonds is 4. The van der Waals surface area contributed by atoms with Gasteiger partial charge in [0, 0.05) is 30.3 Å². The van der Waals surface area contributed by atoms with Crippen LogP contribution in [0.2, 0.25) is 0 Å². The SMILES string of the molecule is NCC(=O)N(CC(=O)N1CCSCC1)c1ccccc1. The second-order valence-electron chi connectivity index (χ2n) is 4.51. The summed E-state index contributed by atoms with van der Waals surface area (Å²) in [5, 5.41) is 0. The van der Waals surface area contributed by atoms with Crippen LogP contribution in [-0.2, 0) is 9.59 Å². The van der Waals surface area contributed by atoms with Gasteiger partial charge in [-0.2, -0.15) is 11.8 Å². The third-order valence-electron chi connectivity index (χ3n) is 3.20. The lowest BCUT2D eigenvalue weighted by Gasteiger charge is -2.29. The molecule has 0 spiro atoms. The number of carbonyl (C=O) groups excluding carboxylic acids is 2. The summed E-state index contributed by atoms with van der Waals surface area (Å²) in [5.41, 5.74) is 6.16. The van der Waals surface area contributed by atoms with Crippen molar-refractivity contribution >= 4 is 29.3 Å². The highest BCUT2D eigenvalue weighted by atomic mass is 32.2. The molecule has 1 aliphatic heterocycles. The molecule has 0 saturated carbocycles. The molecule has 1 saturated heterocycles. The number of benzene rings is 1. The summed E-state index contributed by atoms with van der Waals surface area (Å²) < 4.78 is 0. The topological polar surface area (TPSA) is 66.6 Å². The Balaban J connectivity index is 2.08. The van der Waals surface area contributed by atoms with Gasteiger partial charge in [0.25, 0.3) is 0 Å². The molecule has 6 heteroatoms. The Morgan fingerprint density at radius 2 is 1.85 bits per heavy atom. The van der Waals surface area contributed by atoms with E-state index < -0.39 is 0 Å². The predicted molar refractivity (Wildman–Crippen MR) is 81.8 cm³/mol. The van der Waals surface area contributed by atoms with Gasteiger partial charge in [-0.3, -0.25) is 9.59 Å². The van der Waals surface area contributed by atoms with Gasteiger partial charge in [0.1, 0.15) is 6.54 Å². The summed E-state index contributed by atoms with van der Waals surface area (Å²) in [6.45, 7) is 1.47. The maximum Gasteiger partial charge on any atom is 0.242 e. The number of hydrogen-bond acceptors (Lipinski definition) is 4. The Morgan fingerprint density at radius 1 is 1.20 bits per heavy atom. The zero-order valence-corrected chi connectivity index (χ0v) is 12.1. The molecular formula is C14H19N3O2S. The Labute approximate surface area is 123 Å². The van der Waals surface area contributed by atoms with E-state index in [9.17, 15) is 9.59 Å². The molecular weight excluding hydrogens is 274 g/mol. The number of hydrogen-bond donors (Lipinski definition) is 1. The van der Waals surface area contributed by atoms with Crippen LogP contribution in [0.3, 0.4) is 0 Å². The monoisotopic (exact) mass is 293 g/mol. The minimum absolute atomic E-state index is 0.0176. The zero-order valence-electron chi connectivity index (χ0n) is 11.3. The van der Waals surface area contributed by atoms with Crippen molar-refractivity contribution in [2.75, 3.05) is 42.6 Å². The average Bonchev–Trinajstić information content (AvgIpc) is 2.53. The van der Waals surface area contributed by atoms with Crippen molar-refractivity contribution in [1.82, 2.24) is 4.90 Å². The van der Waals surface area contributed by atoms with Crippen LogP contribution in [0.15, 0.2) is 30.3 Å². The van der Waals surface area contributed by atoms with Crippen LogP contribution in [0.5, 0.6) is 0 Å². The highest BCUT2D eigenvalue weighted by Gasteiger charge is 2.22. The first-order valence-corrected chi connectivity index (χ1v) is 7.79. The predicted octanol–water partition coefficient (Wildman–Crippen LogP) is 0.554. The number of nitrogens with zero attached hydrogens (tertiary/aromatic N) is 2. The van der Waals surface area contributed by atoms with Crippen molar-refractivity contribution in [1.29, 1.82) is 0 Å². The molecule has 0 unspecified atom stereocenters. The van der Waals surface area contributed by atoms with Crippen LogP contribution in [0, 0.1) is 0 Å². The summed E-state index contributed by atoms with van der Waals surface area (Å²) in [6.07, 6.45) is 0. The molecule has 0 atom stereocenters. The lowest BCUT2D eigenvalue weighted by molar-refractivity contribution is -0.130. The molecule has 0 aliphatic carbocycles. The Hall–Kier alpha value is -1.53. The summed E-state index contributed by atoms with van der Waals surface area (Å²) in [6, 6.07) is 9.18. The van der Waals surface area contributed by atoms with E-state index in [1.807, 2.05) is 47.0 Å². The summed E-state index contributed by atoms with van der Waals surface area (Å²) in [4.78, 5) is 27.5. The van der Waals surface area contributed by atoms with Crippen molar-refractivity contribution in [2.24, 2.45) is 5.73 Å². The number of nitrogens with two attached hydrogens (primary N) is 1. The molecule has 1 aromatic carbocycles. The van der Waals surface area contributed by atoms with Crippen LogP contribution < -0.4 is 10.6 Å². The molecule has 5 nitrogen and oxygen atoms in total. The standard InChI is InChI=1S/C14H19N3O2S/c15-10-13(18)17(12-4-2-1-3-5-12)11-14(19)16-6-8-20-9-7-16/h1-5H,6-11,15H2. The van der Waals surface area contributed by atoms with Crippen molar-refractivity contribution in [2.45, 2.75) is 0 Å². The van der Waals surface area contributed by atoms with E-state index in [2.05, 4.69) is 0 Å². The summed E-state index contributed by atoms with van der Waals surface area (Å²) in [7, 11) is 0. The molecule has 1 fully saturated rings. The van der Waals surface area contributed by atoms with Crippen LogP contribution >= 0.6 is 11.8 Å². The molecule has 1 aromatic rings. The lowest BCUT2D eigenvalue weighted by Crippen LogP contribution is -2.47. The van der Waals surface area contributed by atoms with Gasteiger partial charge in [0.2, 0.25) is 11.8 Å². The fourth-order valence-electron chi connectivity index (χ4n) is 2.09. The maximum atomic E-state index is 12.3. The minimum atomic E-state index is -0.240. The molecule has 0 bridgehead atoms. The molecule has 2 rings (SSSR count). The van der Waals surface area contributed by atoms with Crippen LogP contribution in [0.4, 0.5) is 5.69 Å². The number of amides is 2. The second kappa shape index (κ2) is 7.31. The fourth-order valence-corrected chi connectivity index (χ4v) is 2.99. The molecule has 0 radical (unpaired) electrons. The molecule has 2 amide bonds. The first-order valence-electron chi connectivity index (χ1n) is 6.63. The van der Waals surface area contributed by atoms with Crippen LogP contribution in [-0.4, -0.2) is 54.4 Å². The molecule has 2 N–H and O–H groups in total. The maximum absolute atomic E-state index is 12.3. The number of anilines is 1. The Morgan fingerprint density at radius 3 is 2.45 bits per heavy atom. The number of thioether (sulfide) groups is 1. The van der Waals surface area contributed by atoms with Gasteiger partial charge in [-0.1, -0.05) is 18.2 Å². The lowest BCUT2D eigenvalue weighted by atomic mass is 10.2. The van der Waals surface area contributed by atoms with Crippen molar-refractivity contribution in [3.05, 3.63) is 30.3 Å². The highest BCUT2D eigenvalue weighted by molar-refractivity contribution is 7.99. The smallest absolute Gasteiger partial charge is 0.242 e. The van der Waals surface area contributed by atoms with Gasteiger partial charge in [-0.05, 0) is 12.1 Å². The van der Waals surface area contributed by atoms with E-state index in [-0.39, 0.29) is 24.9 Å². The Kier molecular flexibility index (Phi) is 5.43. The largest absolute Gasteiger partial charge is 0.339 e. The first kappa shape index (κ1) is 14.9. The van der Waals surface area contributed by atoms with E-state index in [1.54, 1.807) is 0 Å². The summed E-state index contributed by atoms with van der Waals surface area (Å²) >= 11 is 1.85. The third-order valence-corrected chi connectivity index (χ3v) is 4.14. The van der Waals surface area contributed by atoms with Gasteiger partial charge in [-0.25, -0.2) is 0 Å². The quantitative estimate of drug-likeness (QED) is 0.880. The van der Waals surface area contributed by atoms with E-state index in [4.69, 9.17) is 5.73 Å². The molecule has 108 valence electrons. The van der Waals surface area contributed by atoms with Gasteiger partial charge >= 0.3 is 0 Å². The van der Waals surface area contributed by atoms with Crippen molar-refractivity contribution in [3.63, 3.8) is 0 Å². The van der Waals surface area contributed by atoms with E-state index in [1.165, 1.54) is 4.90 Å². The third kappa shape index (κ3) is 3.74. The first-order chi connectivity index (χ1) is 9.72. The number of carbonyl (C=O) groups is 2. The molecule has 1 aliphatic rings. The number of para-hydroxylation sites is 1.